The fourth-order valence-corrected chi connectivity index (χ4v) is 3.57. The monoisotopic (exact) mass is 370 g/mol. The lowest BCUT2D eigenvalue weighted by molar-refractivity contribution is -0.148. The molecule has 0 radical (unpaired) electrons. The van der Waals surface area contributed by atoms with E-state index in [0.717, 1.165) is 12.8 Å². The van der Waals surface area contributed by atoms with Gasteiger partial charge in [0.1, 0.15) is 0 Å². The van der Waals surface area contributed by atoms with Gasteiger partial charge in [-0.15, -0.1) is 0 Å². The van der Waals surface area contributed by atoms with Crippen molar-refractivity contribution in [1.29, 1.82) is 0 Å². The van der Waals surface area contributed by atoms with Crippen molar-refractivity contribution in [3.8, 4) is 0 Å². The molecular formula is C23H46O3. The molecule has 0 fully saturated rings. The van der Waals surface area contributed by atoms with Crippen molar-refractivity contribution >= 4 is 5.97 Å². The summed E-state index contributed by atoms with van der Waals surface area (Å²) < 4.78 is 4.95. The van der Waals surface area contributed by atoms with E-state index < -0.39 is 12.1 Å². The largest absolute Gasteiger partial charge is 0.479 e. The average molecular weight is 371 g/mol. The lowest BCUT2D eigenvalue weighted by Crippen LogP contribution is -2.21. The molecule has 0 aromatic carbocycles. The standard InChI is InChI=1S/C23H46O3/c1-3-4-5-6-7-8-9-10-11-12-13-14-15-16-17-18-19-20-21-22(26-2)23(24)25/h22H,3-21H2,1-2H3,(H,24,25). The number of hydrogen-bond donors (Lipinski definition) is 1. The third-order valence-corrected chi connectivity index (χ3v) is 5.38. The van der Waals surface area contributed by atoms with Crippen LogP contribution in [0.3, 0.4) is 0 Å². The van der Waals surface area contributed by atoms with Crippen LogP contribution in [0.25, 0.3) is 0 Å². The molecule has 0 amide bonds. The maximum absolute atomic E-state index is 10.8. The molecule has 1 unspecified atom stereocenters. The number of carbonyl (C=O) groups is 1. The van der Waals surface area contributed by atoms with E-state index in [1.54, 1.807) is 0 Å². The van der Waals surface area contributed by atoms with Crippen molar-refractivity contribution in [2.75, 3.05) is 7.11 Å². The van der Waals surface area contributed by atoms with Crippen LogP contribution >= 0.6 is 0 Å². The first-order chi connectivity index (χ1) is 12.7. The van der Waals surface area contributed by atoms with Gasteiger partial charge in [0.25, 0.3) is 0 Å². The molecule has 0 aromatic heterocycles. The molecule has 3 nitrogen and oxygen atoms in total. The third kappa shape index (κ3) is 18.2. The van der Waals surface area contributed by atoms with Crippen LogP contribution in [0.5, 0.6) is 0 Å². The summed E-state index contributed by atoms with van der Waals surface area (Å²) in [4.78, 5) is 10.8. The second-order valence-corrected chi connectivity index (χ2v) is 7.86. The Labute approximate surface area is 163 Å². The van der Waals surface area contributed by atoms with Crippen molar-refractivity contribution in [3.63, 3.8) is 0 Å². The minimum atomic E-state index is -0.834. The molecule has 0 aliphatic carbocycles. The predicted octanol–water partition coefficient (Wildman–Crippen LogP) is 7.52. The Hall–Kier alpha value is -0.570. The number of carboxylic acid groups (broad SMARTS) is 1. The highest BCUT2D eigenvalue weighted by molar-refractivity contribution is 5.72. The fraction of sp³-hybridized carbons (Fsp3) is 0.957. The summed E-state index contributed by atoms with van der Waals surface area (Å²) >= 11 is 0. The molecule has 156 valence electrons. The number of rotatable bonds is 21. The summed E-state index contributed by atoms with van der Waals surface area (Å²) in [6.45, 7) is 2.28. The Morgan fingerprint density at radius 3 is 1.23 bits per heavy atom. The van der Waals surface area contributed by atoms with Gasteiger partial charge in [0, 0.05) is 7.11 Å². The highest BCUT2D eigenvalue weighted by atomic mass is 16.5. The number of methoxy groups -OCH3 is 1. The van der Waals surface area contributed by atoms with E-state index >= 15 is 0 Å². The average Bonchev–Trinajstić information content (AvgIpc) is 2.63. The van der Waals surface area contributed by atoms with Crippen LogP contribution in [0.4, 0.5) is 0 Å². The summed E-state index contributed by atoms with van der Waals surface area (Å²) in [5.74, 6) is -0.834. The van der Waals surface area contributed by atoms with Gasteiger partial charge in [0.15, 0.2) is 6.10 Å². The molecule has 0 bridgehead atoms. The summed E-state index contributed by atoms with van der Waals surface area (Å²) in [7, 11) is 1.48. The summed E-state index contributed by atoms with van der Waals surface area (Å²) in [6.07, 6.45) is 24.4. The fourth-order valence-electron chi connectivity index (χ4n) is 3.57. The number of carboxylic acids is 1. The highest BCUT2D eigenvalue weighted by Crippen LogP contribution is 2.15. The topological polar surface area (TPSA) is 46.5 Å². The zero-order valence-electron chi connectivity index (χ0n) is 17.8. The first kappa shape index (κ1) is 25.4. The van der Waals surface area contributed by atoms with Crippen LogP contribution in [-0.2, 0) is 9.53 Å². The first-order valence-corrected chi connectivity index (χ1v) is 11.5. The molecule has 0 aromatic rings. The van der Waals surface area contributed by atoms with Crippen molar-refractivity contribution in [2.45, 2.75) is 135 Å². The molecule has 26 heavy (non-hydrogen) atoms. The molecule has 0 aliphatic heterocycles. The van der Waals surface area contributed by atoms with Gasteiger partial charge in [0.05, 0.1) is 0 Å². The zero-order valence-corrected chi connectivity index (χ0v) is 17.8. The first-order valence-electron chi connectivity index (χ1n) is 11.5. The number of ether oxygens (including phenoxy) is 1. The molecule has 0 rings (SSSR count). The van der Waals surface area contributed by atoms with Gasteiger partial charge in [-0.2, -0.15) is 0 Å². The van der Waals surface area contributed by atoms with Gasteiger partial charge >= 0.3 is 5.97 Å². The van der Waals surface area contributed by atoms with Gasteiger partial charge in [-0.25, -0.2) is 4.79 Å². The Morgan fingerprint density at radius 2 is 0.962 bits per heavy atom. The maximum Gasteiger partial charge on any atom is 0.332 e. The summed E-state index contributed by atoms with van der Waals surface area (Å²) in [5, 5.41) is 8.89. The summed E-state index contributed by atoms with van der Waals surface area (Å²) in [6, 6.07) is 0. The van der Waals surface area contributed by atoms with Gasteiger partial charge in [-0.05, 0) is 6.42 Å². The minimum Gasteiger partial charge on any atom is -0.479 e. The van der Waals surface area contributed by atoms with E-state index in [0.29, 0.717) is 6.42 Å². The summed E-state index contributed by atoms with van der Waals surface area (Å²) in [5.41, 5.74) is 0. The number of hydrogen-bond acceptors (Lipinski definition) is 2. The van der Waals surface area contributed by atoms with Crippen molar-refractivity contribution in [3.05, 3.63) is 0 Å². The molecule has 1 N–H and O–H groups in total. The van der Waals surface area contributed by atoms with Crippen molar-refractivity contribution < 1.29 is 14.6 Å². The van der Waals surface area contributed by atoms with E-state index in [1.807, 2.05) is 0 Å². The lowest BCUT2D eigenvalue weighted by Gasteiger charge is -2.09. The Morgan fingerprint density at radius 1 is 0.654 bits per heavy atom. The molecular weight excluding hydrogens is 324 g/mol. The van der Waals surface area contributed by atoms with Gasteiger partial charge in [-0.3, -0.25) is 0 Å². The quantitative estimate of drug-likeness (QED) is 0.212. The normalized spacial score (nSPS) is 12.4. The van der Waals surface area contributed by atoms with E-state index in [1.165, 1.54) is 110 Å². The molecule has 0 heterocycles. The van der Waals surface area contributed by atoms with E-state index in [-0.39, 0.29) is 0 Å². The second-order valence-electron chi connectivity index (χ2n) is 7.86. The molecule has 3 heteroatoms. The van der Waals surface area contributed by atoms with Crippen LogP contribution in [-0.4, -0.2) is 24.3 Å². The van der Waals surface area contributed by atoms with E-state index in [9.17, 15) is 4.79 Å². The van der Waals surface area contributed by atoms with Crippen LogP contribution in [0.2, 0.25) is 0 Å². The maximum atomic E-state index is 10.8. The molecule has 0 saturated carbocycles. The molecule has 0 spiro atoms. The van der Waals surface area contributed by atoms with Crippen LogP contribution < -0.4 is 0 Å². The Kier molecular flexibility index (Phi) is 20.3. The van der Waals surface area contributed by atoms with Crippen LogP contribution in [0.15, 0.2) is 0 Å². The predicted molar refractivity (Wildman–Crippen MR) is 112 cm³/mol. The Bertz CT molecular complexity index is 291. The lowest BCUT2D eigenvalue weighted by atomic mass is 10.0. The molecule has 0 saturated heterocycles. The smallest absolute Gasteiger partial charge is 0.332 e. The van der Waals surface area contributed by atoms with Gasteiger partial charge in [0.2, 0.25) is 0 Å². The van der Waals surface area contributed by atoms with Crippen LogP contribution in [0.1, 0.15) is 129 Å². The Balaban J connectivity index is 3.10. The SMILES string of the molecule is CCCCCCCCCCCCCCCCCCCCC(OC)C(=O)O. The molecule has 1 atom stereocenters. The van der Waals surface area contributed by atoms with Crippen LogP contribution in [0, 0.1) is 0 Å². The number of unbranched alkanes of at least 4 members (excludes halogenated alkanes) is 17. The van der Waals surface area contributed by atoms with Crippen molar-refractivity contribution in [1.82, 2.24) is 0 Å². The van der Waals surface area contributed by atoms with E-state index in [4.69, 9.17) is 9.84 Å². The highest BCUT2D eigenvalue weighted by Gasteiger charge is 2.14. The van der Waals surface area contributed by atoms with Gasteiger partial charge in [-0.1, -0.05) is 122 Å². The van der Waals surface area contributed by atoms with Gasteiger partial charge < -0.3 is 9.84 Å². The van der Waals surface area contributed by atoms with Crippen molar-refractivity contribution in [2.24, 2.45) is 0 Å². The third-order valence-electron chi connectivity index (χ3n) is 5.38. The zero-order chi connectivity index (χ0) is 19.3. The molecule has 0 aliphatic rings. The minimum absolute atomic E-state index is 0.615. The van der Waals surface area contributed by atoms with E-state index in [2.05, 4.69) is 6.92 Å². The second kappa shape index (κ2) is 20.7. The number of aliphatic carboxylic acids is 1.